The maximum absolute atomic E-state index is 13.0. The Balaban J connectivity index is 1.47. The molecule has 2 aromatic heterocycles. The molecule has 152 valence electrons. The maximum Gasteiger partial charge on any atom is 0.417 e. The summed E-state index contributed by atoms with van der Waals surface area (Å²) in [6.07, 6.45) is -0.0876. The van der Waals surface area contributed by atoms with Crippen molar-refractivity contribution in [2.75, 3.05) is 5.32 Å². The standard InChI is InChI=1S/C19H12ClF3N6O/c20-16-6-1-11(7-15(16)19(21,22)23)17-27-18(29-28-17)26-12-2-4-13(5-3-12)30-14-8-24-10-25-9-14/h1-10H,(H2,26,27,28,29). The van der Waals surface area contributed by atoms with Gasteiger partial charge in [0.05, 0.1) is 23.0 Å². The van der Waals surface area contributed by atoms with Crippen LogP contribution in [0, 0.1) is 0 Å². The molecule has 0 bridgehead atoms. The first-order chi connectivity index (χ1) is 14.4. The lowest BCUT2D eigenvalue weighted by Gasteiger charge is -2.09. The van der Waals surface area contributed by atoms with Crippen molar-refractivity contribution in [3.8, 4) is 22.9 Å². The topological polar surface area (TPSA) is 88.6 Å². The van der Waals surface area contributed by atoms with Gasteiger partial charge in [-0.15, -0.1) is 10.2 Å². The minimum Gasteiger partial charge on any atom is -0.454 e. The van der Waals surface area contributed by atoms with Gasteiger partial charge in [0.15, 0.2) is 11.6 Å². The first-order valence-corrected chi connectivity index (χ1v) is 8.86. The number of anilines is 2. The highest BCUT2D eigenvalue weighted by Crippen LogP contribution is 2.36. The van der Waals surface area contributed by atoms with Crippen LogP contribution < -0.4 is 10.1 Å². The summed E-state index contributed by atoms with van der Waals surface area (Å²) in [7, 11) is 0. The van der Waals surface area contributed by atoms with Gasteiger partial charge in [0, 0.05) is 11.3 Å². The van der Waals surface area contributed by atoms with E-state index >= 15 is 0 Å². The molecule has 4 aromatic rings. The molecule has 2 aromatic carbocycles. The summed E-state index contributed by atoms with van der Waals surface area (Å²) in [6, 6.07) is 10.5. The molecule has 0 aliphatic heterocycles. The second-order valence-electron chi connectivity index (χ2n) is 6.04. The van der Waals surface area contributed by atoms with Crippen molar-refractivity contribution in [3.05, 3.63) is 71.8 Å². The number of rotatable bonds is 5. The number of H-pyrrole nitrogens is 1. The van der Waals surface area contributed by atoms with Gasteiger partial charge in [-0.05, 0) is 42.5 Å². The van der Waals surface area contributed by atoms with Crippen LogP contribution in [0.25, 0.3) is 11.4 Å². The Bertz CT molecular complexity index is 1150. The predicted molar refractivity (Wildman–Crippen MR) is 104 cm³/mol. The molecule has 30 heavy (non-hydrogen) atoms. The van der Waals surface area contributed by atoms with Crippen molar-refractivity contribution < 1.29 is 17.9 Å². The third-order valence-corrected chi connectivity index (χ3v) is 4.25. The van der Waals surface area contributed by atoms with E-state index in [2.05, 4.69) is 30.5 Å². The van der Waals surface area contributed by atoms with Crippen molar-refractivity contribution in [2.45, 2.75) is 6.18 Å². The summed E-state index contributed by atoms with van der Waals surface area (Å²) in [5.41, 5.74) is -0.0606. The second-order valence-corrected chi connectivity index (χ2v) is 6.45. The van der Waals surface area contributed by atoms with Crippen LogP contribution in [0.4, 0.5) is 24.8 Å². The number of alkyl halides is 3. The largest absolute Gasteiger partial charge is 0.454 e. The molecule has 0 aliphatic rings. The lowest BCUT2D eigenvalue weighted by Crippen LogP contribution is -2.06. The summed E-state index contributed by atoms with van der Waals surface area (Å²) < 4.78 is 44.7. The van der Waals surface area contributed by atoms with Gasteiger partial charge >= 0.3 is 6.18 Å². The third kappa shape index (κ3) is 4.49. The highest BCUT2D eigenvalue weighted by atomic mass is 35.5. The van der Waals surface area contributed by atoms with Crippen molar-refractivity contribution in [3.63, 3.8) is 0 Å². The Labute approximate surface area is 172 Å². The Morgan fingerprint density at radius 3 is 2.37 bits per heavy atom. The van der Waals surface area contributed by atoms with E-state index in [9.17, 15) is 13.2 Å². The van der Waals surface area contributed by atoms with E-state index in [1.165, 1.54) is 30.9 Å². The average molecular weight is 433 g/mol. The first-order valence-electron chi connectivity index (χ1n) is 8.48. The van der Waals surface area contributed by atoms with Gasteiger partial charge in [-0.25, -0.2) is 9.97 Å². The number of benzene rings is 2. The highest BCUT2D eigenvalue weighted by Gasteiger charge is 2.33. The molecule has 0 radical (unpaired) electrons. The third-order valence-electron chi connectivity index (χ3n) is 3.92. The van der Waals surface area contributed by atoms with Gasteiger partial charge in [-0.3, -0.25) is 0 Å². The molecule has 0 saturated heterocycles. The fraction of sp³-hybridized carbons (Fsp3) is 0.0526. The van der Waals surface area contributed by atoms with Crippen LogP contribution in [0.3, 0.4) is 0 Å². The number of aromatic nitrogens is 5. The van der Waals surface area contributed by atoms with Crippen LogP contribution in [-0.2, 0) is 6.18 Å². The summed E-state index contributed by atoms with van der Waals surface area (Å²) in [5.74, 6) is 1.51. The Hall–Kier alpha value is -3.66. The quantitative estimate of drug-likeness (QED) is 0.434. The SMILES string of the molecule is FC(F)(F)c1cc(-c2nnc(Nc3ccc(Oc4cncnc4)cc3)[nH]2)ccc1Cl. The summed E-state index contributed by atoms with van der Waals surface area (Å²) >= 11 is 5.65. The first kappa shape index (κ1) is 19.6. The Kier molecular flexibility index (Phi) is 5.23. The molecular weight excluding hydrogens is 421 g/mol. The van der Waals surface area contributed by atoms with Crippen LogP contribution in [0.15, 0.2) is 61.2 Å². The maximum atomic E-state index is 13.0. The van der Waals surface area contributed by atoms with E-state index in [0.717, 1.165) is 6.07 Å². The normalized spacial score (nSPS) is 11.3. The number of aromatic amines is 1. The Morgan fingerprint density at radius 2 is 1.67 bits per heavy atom. The molecule has 11 heteroatoms. The van der Waals surface area contributed by atoms with E-state index in [4.69, 9.17) is 16.3 Å². The molecular formula is C19H12ClF3N6O. The number of halogens is 4. The Morgan fingerprint density at radius 1 is 0.933 bits per heavy atom. The minimum absolute atomic E-state index is 0.170. The zero-order valence-electron chi connectivity index (χ0n) is 15.0. The highest BCUT2D eigenvalue weighted by molar-refractivity contribution is 6.31. The average Bonchev–Trinajstić information content (AvgIpc) is 3.18. The monoisotopic (exact) mass is 432 g/mol. The molecule has 2 N–H and O–H groups in total. The van der Waals surface area contributed by atoms with E-state index in [1.807, 2.05) is 0 Å². The summed E-state index contributed by atoms with van der Waals surface area (Å²) in [4.78, 5) is 10.6. The molecule has 0 fully saturated rings. The number of hydrogen-bond acceptors (Lipinski definition) is 6. The fourth-order valence-corrected chi connectivity index (χ4v) is 2.78. The van der Waals surface area contributed by atoms with Crippen LogP contribution in [-0.4, -0.2) is 25.1 Å². The van der Waals surface area contributed by atoms with Gasteiger partial charge < -0.3 is 15.0 Å². The zero-order valence-corrected chi connectivity index (χ0v) is 15.7. The van der Waals surface area contributed by atoms with E-state index in [0.29, 0.717) is 17.2 Å². The van der Waals surface area contributed by atoms with Crippen molar-refractivity contribution in [1.29, 1.82) is 0 Å². The van der Waals surface area contributed by atoms with Gasteiger partial charge in [0.1, 0.15) is 12.1 Å². The van der Waals surface area contributed by atoms with E-state index < -0.39 is 11.7 Å². The summed E-state index contributed by atoms with van der Waals surface area (Å²) in [6.45, 7) is 0. The van der Waals surface area contributed by atoms with Crippen molar-refractivity contribution >= 4 is 23.2 Å². The van der Waals surface area contributed by atoms with Gasteiger partial charge in [0.2, 0.25) is 5.95 Å². The number of ether oxygens (including phenoxy) is 1. The molecule has 0 atom stereocenters. The van der Waals surface area contributed by atoms with Crippen molar-refractivity contribution in [1.82, 2.24) is 25.1 Å². The molecule has 7 nitrogen and oxygen atoms in total. The zero-order chi connectivity index (χ0) is 21.1. The van der Waals surface area contributed by atoms with Crippen LogP contribution >= 0.6 is 11.6 Å². The molecule has 0 aliphatic carbocycles. The smallest absolute Gasteiger partial charge is 0.417 e. The van der Waals surface area contributed by atoms with Crippen LogP contribution in [0.2, 0.25) is 5.02 Å². The lowest BCUT2D eigenvalue weighted by molar-refractivity contribution is -0.137. The van der Waals surface area contributed by atoms with Crippen LogP contribution in [0.5, 0.6) is 11.5 Å². The summed E-state index contributed by atoms with van der Waals surface area (Å²) in [5, 5.41) is 10.4. The molecule has 0 spiro atoms. The number of nitrogens with one attached hydrogen (secondary N) is 2. The molecule has 2 heterocycles. The lowest BCUT2D eigenvalue weighted by atomic mass is 10.1. The second kappa shape index (κ2) is 7.99. The predicted octanol–water partition coefficient (Wildman–Crippen LogP) is 5.47. The minimum atomic E-state index is -4.57. The number of nitrogens with zero attached hydrogens (tertiary/aromatic N) is 4. The van der Waals surface area contributed by atoms with Gasteiger partial charge in [0.25, 0.3) is 0 Å². The molecule has 4 rings (SSSR count). The van der Waals surface area contributed by atoms with E-state index in [-0.39, 0.29) is 22.4 Å². The van der Waals surface area contributed by atoms with E-state index in [1.54, 1.807) is 24.3 Å². The molecule has 0 saturated carbocycles. The number of hydrogen-bond donors (Lipinski definition) is 2. The van der Waals surface area contributed by atoms with Gasteiger partial charge in [-0.2, -0.15) is 13.2 Å². The molecule has 0 unspecified atom stereocenters. The van der Waals surface area contributed by atoms with Gasteiger partial charge in [-0.1, -0.05) is 11.6 Å². The van der Waals surface area contributed by atoms with Crippen molar-refractivity contribution in [2.24, 2.45) is 0 Å². The van der Waals surface area contributed by atoms with Crippen LogP contribution in [0.1, 0.15) is 5.56 Å². The fourth-order valence-electron chi connectivity index (χ4n) is 2.56. The molecule has 0 amide bonds.